The van der Waals surface area contributed by atoms with Gasteiger partial charge in [0.2, 0.25) is 5.91 Å². The summed E-state index contributed by atoms with van der Waals surface area (Å²) in [6.45, 7) is 6.55. The highest BCUT2D eigenvalue weighted by molar-refractivity contribution is 5.82. The number of hydrogen-bond acceptors (Lipinski definition) is 2. The first kappa shape index (κ1) is 16.9. The Morgan fingerprint density at radius 1 is 1.04 bits per heavy atom. The highest BCUT2D eigenvalue weighted by atomic mass is 16.2. The van der Waals surface area contributed by atoms with Crippen molar-refractivity contribution >= 4 is 12.1 Å². The fraction of sp³-hybridized carbons (Fsp3) is 0.300. The van der Waals surface area contributed by atoms with Gasteiger partial charge in [0, 0.05) is 6.42 Å². The van der Waals surface area contributed by atoms with Crippen molar-refractivity contribution in [3.63, 3.8) is 0 Å². The summed E-state index contributed by atoms with van der Waals surface area (Å²) in [5.74, 6) is -0.0728. The maximum Gasteiger partial charge on any atom is 0.240 e. The van der Waals surface area contributed by atoms with Gasteiger partial charge in [0.1, 0.15) is 0 Å². The molecule has 3 nitrogen and oxygen atoms in total. The van der Waals surface area contributed by atoms with Crippen LogP contribution in [0, 0.1) is 0 Å². The Kier molecular flexibility index (Phi) is 5.69. The van der Waals surface area contributed by atoms with Gasteiger partial charge in [0.25, 0.3) is 0 Å². The lowest BCUT2D eigenvalue weighted by atomic mass is 9.87. The molecule has 0 spiro atoms. The molecule has 0 aliphatic heterocycles. The first-order chi connectivity index (χ1) is 10.9. The number of amides is 1. The van der Waals surface area contributed by atoms with Crippen LogP contribution in [0.2, 0.25) is 0 Å². The number of nitrogens with one attached hydrogen (secondary N) is 1. The average molecular weight is 308 g/mol. The predicted octanol–water partition coefficient (Wildman–Crippen LogP) is 4.07. The zero-order chi connectivity index (χ0) is 16.7. The molecule has 0 aliphatic carbocycles. The molecule has 0 saturated carbocycles. The number of carbonyl (C=O) groups is 1. The van der Waals surface area contributed by atoms with E-state index in [0.717, 1.165) is 17.5 Å². The van der Waals surface area contributed by atoms with E-state index in [1.165, 1.54) is 5.56 Å². The van der Waals surface area contributed by atoms with E-state index in [4.69, 9.17) is 0 Å². The lowest BCUT2D eigenvalue weighted by Crippen LogP contribution is -2.17. The topological polar surface area (TPSA) is 41.5 Å². The molecule has 2 rings (SSSR count). The van der Waals surface area contributed by atoms with Crippen molar-refractivity contribution in [1.29, 1.82) is 0 Å². The Bertz CT molecular complexity index is 652. The molecule has 2 aromatic carbocycles. The van der Waals surface area contributed by atoms with Crippen LogP contribution in [-0.2, 0) is 16.6 Å². The quantitative estimate of drug-likeness (QED) is 0.656. The van der Waals surface area contributed by atoms with Gasteiger partial charge in [-0.25, -0.2) is 5.43 Å². The smallest absolute Gasteiger partial charge is 0.240 e. The zero-order valence-corrected chi connectivity index (χ0v) is 14.0. The van der Waals surface area contributed by atoms with Gasteiger partial charge >= 0.3 is 0 Å². The number of nitrogens with zero attached hydrogens (tertiary/aromatic N) is 1. The van der Waals surface area contributed by atoms with Crippen LogP contribution in [-0.4, -0.2) is 12.1 Å². The molecule has 120 valence electrons. The van der Waals surface area contributed by atoms with Crippen molar-refractivity contribution in [2.45, 2.75) is 39.0 Å². The van der Waals surface area contributed by atoms with Crippen LogP contribution in [0.25, 0.3) is 0 Å². The third-order valence-electron chi connectivity index (χ3n) is 3.66. The number of benzene rings is 2. The number of rotatable bonds is 5. The van der Waals surface area contributed by atoms with Crippen LogP contribution in [0.1, 0.15) is 43.9 Å². The molecule has 0 heterocycles. The molecule has 0 aromatic heterocycles. The van der Waals surface area contributed by atoms with E-state index in [1.807, 2.05) is 42.5 Å². The van der Waals surface area contributed by atoms with Gasteiger partial charge in [0.15, 0.2) is 0 Å². The molecule has 1 amide bonds. The van der Waals surface area contributed by atoms with E-state index in [9.17, 15) is 4.79 Å². The molecular weight excluding hydrogens is 284 g/mol. The zero-order valence-electron chi connectivity index (χ0n) is 14.0. The second-order valence-electron chi connectivity index (χ2n) is 6.65. The van der Waals surface area contributed by atoms with Gasteiger partial charge in [-0.15, -0.1) is 0 Å². The number of hydrogen-bond donors (Lipinski definition) is 1. The normalized spacial score (nSPS) is 11.6. The van der Waals surface area contributed by atoms with E-state index in [1.54, 1.807) is 6.21 Å². The summed E-state index contributed by atoms with van der Waals surface area (Å²) in [5, 5.41) is 4.02. The van der Waals surface area contributed by atoms with Gasteiger partial charge < -0.3 is 0 Å². The molecule has 0 radical (unpaired) electrons. The third-order valence-corrected chi connectivity index (χ3v) is 3.66. The minimum Gasteiger partial charge on any atom is -0.273 e. The van der Waals surface area contributed by atoms with Gasteiger partial charge in [-0.05, 0) is 28.5 Å². The molecule has 3 heteroatoms. The maximum absolute atomic E-state index is 11.8. The van der Waals surface area contributed by atoms with Crippen LogP contribution < -0.4 is 5.43 Å². The Labute approximate surface area is 138 Å². The van der Waals surface area contributed by atoms with Crippen molar-refractivity contribution < 1.29 is 4.79 Å². The minimum absolute atomic E-state index is 0.0728. The molecule has 0 atom stereocenters. The third kappa shape index (κ3) is 5.70. The molecule has 0 fully saturated rings. The Morgan fingerprint density at radius 3 is 2.30 bits per heavy atom. The van der Waals surface area contributed by atoms with Crippen molar-refractivity contribution in [3.8, 4) is 0 Å². The summed E-state index contributed by atoms with van der Waals surface area (Å²) in [7, 11) is 0. The monoisotopic (exact) mass is 308 g/mol. The predicted molar refractivity (Wildman–Crippen MR) is 95.6 cm³/mol. The summed E-state index contributed by atoms with van der Waals surface area (Å²) in [4.78, 5) is 11.8. The lowest BCUT2D eigenvalue weighted by Gasteiger charge is -2.18. The fourth-order valence-electron chi connectivity index (χ4n) is 2.21. The van der Waals surface area contributed by atoms with Crippen molar-refractivity contribution in [2.24, 2.45) is 5.10 Å². The Morgan fingerprint density at radius 2 is 1.70 bits per heavy atom. The Hall–Kier alpha value is -2.42. The van der Waals surface area contributed by atoms with E-state index >= 15 is 0 Å². The molecule has 2 aromatic rings. The number of hydrazone groups is 1. The molecule has 0 saturated heterocycles. The van der Waals surface area contributed by atoms with Crippen LogP contribution in [0.3, 0.4) is 0 Å². The molecule has 0 unspecified atom stereocenters. The minimum atomic E-state index is -0.0728. The molecule has 23 heavy (non-hydrogen) atoms. The maximum atomic E-state index is 11.8. The van der Waals surface area contributed by atoms with Gasteiger partial charge in [-0.3, -0.25) is 4.79 Å². The summed E-state index contributed by atoms with van der Waals surface area (Å²) in [6, 6.07) is 18.2. The average Bonchev–Trinajstić information content (AvgIpc) is 2.53. The second-order valence-corrected chi connectivity index (χ2v) is 6.65. The molecular formula is C20H24N2O. The number of aryl methyl sites for hydroxylation is 1. The van der Waals surface area contributed by atoms with E-state index in [-0.39, 0.29) is 11.3 Å². The molecule has 0 aliphatic rings. The van der Waals surface area contributed by atoms with Crippen molar-refractivity contribution in [2.75, 3.05) is 0 Å². The van der Waals surface area contributed by atoms with Gasteiger partial charge in [0.05, 0.1) is 6.21 Å². The van der Waals surface area contributed by atoms with Gasteiger partial charge in [-0.1, -0.05) is 75.4 Å². The fourth-order valence-corrected chi connectivity index (χ4v) is 2.21. The summed E-state index contributed by atoms with van der Waals surface area (Å²) < 4.78 is 0. The van der Waals surface area contributed by atoms with Crippen LogP contribution in [0.5, 0.6) is 0 Å². The highest BCUT2D eigenvalue weighted by Gasteiger charge is 2.12. The first-order valence-corrected chi connectivity index (χ1v) is 7.91. The first-order valence-electron chi connectivity index (χ1n) is 7.91. The van der Waals surface area contributed by atoms with Crippen LogP contribution in [0.4, 0.5) is 0 Å². The SMILES string of the molecule is CC(C)(C)c1ccc(/C=N\NC(=O)CCc2ccccc2)cc1. The van der Waals surface area contributed by atoms with Crippen LogP contribution >= 0.6 is 0 Å². The molecule has 1 N–H and O–H groups in total. The molecule has 0 bridgehead atoms. The van der Waals surface area contributed by atoms with Crippen molar-refractivity contribution in [1.82, 2.24) is 5.43 Å². The summed E-state index contributed by atoms with van der Waals surface area (Å²) in [6.07, 6.45) is 2.83. The highest BCUT2D eigenvalue weighted by Crippen LogP contribution is 2.21. The summed E-state index contributed by atoms with van der Waals surface area (Å²) in [5.41, 5.74) is 6.13. The number of carbonyl (C=O) groups excluding carboxylic acids is 1. The van der Waals surface area contributed by atoms with E-state index in [2.05, 4.69) is 43.4 Å². The van der Waals surface area contributed by atoms with Crippen molar-refractivity contribution in [3.05, 3.63) is 71.3 Å². The lowest BCUT2D eigenvalue weighted by molar-refractivity contribution is -0.121. The standard InChI is InChI=1S/C20H24N2O/c1-20(2,3)18-12-9-17(10-13-18)15-21-22-19(23)14-11-16-7-5-4-6-8-16/h4-10,12-13,15H,11,14H2,1-3H3,(H,22,23)/b21-15-. The largest absolute Gasteiger partial charge is 0.273 e. The summed E-state index contributed by atoms with van der Waals surface area (Å²) >= 11 is 0. The van der Waals surface area contributed by atoms with E-state index < -0.39 is 0 Å². The Balaban J connectivity index is 1.80. The van der Waals surface area contributed by atoms with E-state index in [0.29, 0.717) is 6.42 Å². The van der Waals surface area contributed by atoms with Crippen LogP contribution in [0.15, 0.2) is 59.7 Å². The van der Waals surface area contributed by atoms with Gasteiger partial charge in [-0.2, -0.15) is 5.10 Å². The second kappa shape index (κ2) is 7.73.